The lowest BCUT2D eigenvalue weighted by atomic mass is 10.2. The van der Waals surface area contributed by atoms with Gasteiger partial charge in [0.05, 0.1) is 5.75 Å². The fraction of sp³-hybridized carbons (Fsp3) is 0.526. The molecule has 12 heteroatoms. The van der Waals surface area contributed by atoms with Crippen molar-refractivity contribution in [3.63, 3.8) is 0 Å². The summed E-state index contributed by atoms with van der Waals surface area (Å²) in [5.41, 5.74) is 0.620. The molecule has 2 aromatic rings. The monoisotopic (exact) mass is 488 g/mol. The number of likely N-dealkylation sites (N-methyl/N-ethyl adjacent to an activating group) is 1. The van der Waals surface area contributed by atoms with Crippen LogP contribution in [0, 0.1) is 6.92 Å². The number of carbonyl (C=O) groups is 1. The van der Waals surface area contributed by atoms with Crippen molar-refractivity contribution < 1.29 is 13.2 Å². The number of sulfonamides is 1. The molecule has 0 aliphatic heterocycles. The van der Waals surface area contributed by atoms with Gasteiger partial charge in [0.2, 0.25) is 11.9 Å². The molecule has 0 saturated heterocycles. The maximum atomic E-state index is 13.1. The molecule has 1 aromatic carbocycles. The van der Waals surface area contributed by atoms with Crippen molar-refractivity contribution >= 4 is 45.2 Å². The molecule has 0 fully saturated rings. The van der Waals surface area contributed by atoms with Crippen LogP contribution in [0.3, 0.4) is 0 Å². The number of rotatable bonds is 12. The number of carbonyl (C=O) groups excluding carboxylic acids is 1. The smallest absolute Gasteiger partial charge is 0.265 e. The predicted molar refractivity (Wildman–Crippen MR) is 124 cm³/mol. The highest BCUT2D eigenvalue weighted by molar-refractivity contribution is 8.01. The van der Waals surface area contributed by atoms with E-state index in [0.717, 1.165) is 31.1 Å². The Balaban J connectivity index is 2.20. The second kappa shape index (κ2) is 11.7. The van der Waals surface area contributed by atoms with E-state index >= 15 is 0 Å². The first-order valence-electron chi connectivity index (χ1n) is 9.89. The lowest BCUT2D eigenvalue weighted by molar-refractivity contribution is -0.118. The molecule has 0 aliphatic carbocycles. The standard InChI is InChI=1S/C19H29ClN6O3S2/c1-5-6-8-26-13-22-23-19(26)24-31(28,29)17-10-14(2)15(20)11-16(17)30-12-18(27)21-7-9-25(3)4/h10-11,13H,5-9,12H2,1-4H3,(H,21,27)(H,23,24). The number of aromatic nitrogens is 3. The molecule has 2 rings (SSSR count). The Kier molecular flexibility index (Phi) is 9.60. The zero-order valence-corrected chi connectivity index (χ0v) is 20.6. The highest BCUT2D eigenvalue weighted by atomic mass is 35.5. The van der Waals surface area contributed by atoms with Gasteiger partial charge in [0.25, 0.3) is 10.0 Å². The Bertz CT molecular complexity index is 995. The first-order chi connectivity index (χ1) is 14.6. The molecular weight excluding hydrogens is 460 g/mol. The quantitative estimate of drug-likeness (QED) is 0.442. The third-order valence-corrected chi connectivity index (χ3v) is 7.31. The largest absolute Gasteiger partial charge is 0.354 e. The molecule has 0 aliphatic rings. The van der Waals surface area contributed by atoms with E-state index in [1.54, 1.807) is 17.6 Å². The van der Waals surface area contributed by atoms with Crippen LogP contribution in [0.1, 0.15) is 25.3 Å². The average Bonchev–Trinajstić information content (AvgIpc) is 3.12. The van der Waals surface area contributed by atoms with E-state index in [1.165, 1.54) is 12.4 Å². The highest BCUT2D eigenvalue weighted by Gasteiger charge is 2.23. The van der Waals surface area contributed by atoms with E-state index in [0.29, 0.717) is 28.6 Å². The van der Waals surface area contributed by atoms with Gasteiger partial charge in [0.1, 0.15) is 11.2 Å². The minimum absolute atomic E-state index is 0.0468. The molecule has 1 aromatic heterocycles. The molecule has 0 atom stereocenters. The van der Waals surface area contributed by atoms with Crippen LogP contribution in [0.2, 0.25) is 5.02 Å². The Morgan fingerprint density at radius 3 is 2.74 bits per heavy atom. The van der Waals surface area contributed by atoms with Crippen molar-refractivity contribution in [3.8, 4) is 0 Å². The van der Waals surface area contributed by atoms with Gasteiger partial charge in [-0.05, 0) is 45.1 Å². The van der Waals surface area contributed by atoms with Gasteiger partial charge < -0.3 is 10.2 Å². The van der Waals surface area contributed by atoms with E-state index in [4.69, 9.17) is 11.6 Å². The molecular formula is C19H29ClN6O3S2. The Morgan fingerprint density at radius 2 is 2.06 bits per heavy atom. The van der Waals surface area contributed by atoms with Gasteiger partial charge in [-0.1, -0.05) is 24.9 Å². The van der Waals surface area contributed by atoms with Gasteiger partial charge in [-0.2, -0.15) is 0 Å². The van der Waals surface area contributed by atoms with Crippen LogP contribution in [0.25, 0.3) is 0 Å². The molecule has 0 spiro atoms. The molecule has 2 N–H and O–H groups in total. The first-order valence-corrected chi connectivity index (χ1v) is 12.7. The van der Waals surface area contributed by atoms with Crippen LogP contribution < -0.4 is 10.0 Å². The minimum atomic E-state index is -3.97. The average molecular weight is 489 g/mol. The third-order valence-electron chi connectivity index (χ3n) is 4.35. The number of hydrogen-bond donors (Lipinski definition) is 2. The Hall–Kier alpha value is -1.82. The maximum Gasteiger partial charge on any atom is 0.265 e. The Morgan fingerprint density at radius 1 is 1.32 bits per heavy atom. The zero-order chi connectivity index (χ0) is 23.0. The molecule has 9 nitrogen and oxygen atoms in total. The van der Waals surface area contributed by atoms with Gasteiger partial charge in [0, 0.05) is 29.6 Å². The second-order valence-electron chi connectivity index (χ2n) is 7.30. The van der Waals surface area contributed by atoms with E-state index in [9.17, 15) is 13.2 Å². The van der Waals surface area contributed by atoms with Gasteiger partial charge in [-0.25, -0.2) is 13.1 Å². The minimum Gasteiger partial charge on any atom is -0.354 e. The van der Waals surface area contributed by atoms with Crippen LogP contribution in [0.5, 0.6) is 0 Å². The molecule has 0 bridgehead atoms. The molecule has 31 heavy (non-hydrogen) atoms. The fourth-order valence-corrected chi connectivity index (χ4v) is 5.26. The second-order valence-corrected chi connectivity index (χ2v) is 10.4. The topological polar surface area (TPSA) is 109 Å². The molecule has 1 amide bonds. The first kappa shape index (κ1) is 25.4. The van der Waals surface area contributed by atoms with Crippen molar-refractivity contribution in [1.82, 2.24) is 25.0 Å². The number of unbranched alkanes of at least 4 members (excludes halogenated alkanes) is 1. The van der Waals surface area contributed by atoms with Crippen LogP contribution in [0.4, 0.5) is 5.95 Å². The number of hydrogen-bond acceptors (Lipinski definition) is 7. The van der Waals surface area contributed by atoms with E-state index < -0.39 is 10.0 Å². The molecule has 0 saturated carbocycles. The van der Waals surface area contributed by atoms with Crippen molar-refractivity contribution in [2.24, 2.45) is 0 Å². The summed E-state index contributed by atoms with van der Waals surface area (Å²) in [6.45, 7) is 5.62. The number of thioether (sulfide) groups is 1. The number of benzene rings is 1. The summed E-state index contributed by atoms with van der Waals surface area (Å²) in [7, 11) is -0.130. The number of aryl methyl sites for hydroxylation is 2. The summed E-state index contributed by atoms with van der Waals surface area (Å²) in [5, 5.41) is 10.9. The lowest BCUT2D eigenvalue weighted by Gasteiger charge is -2.14. The maximum absolute atomic E-state index is 13.1. The van der Waals surface area contributed by atoms with E-state index in [1.807, 2.05) is 25.9 Å². The summed E-state index contributed by atoms with van der Waals surface area (Å²) < 4.78 is 30.5. The lowest BCUT2D eigenvalue weighted by Crippen LogP contribution is -2.32. The number of nitrogens with zero attached hydrogens (tertiary/aromatic N) is 4. The summed E-state index contributed by atoms with van der Waals surface area (Å²) in [6.07, 6.45) is 3.32. The SMILES string of the molecule is CCCCn1cnnc1NS(=O)(=O)c1cc(C)c(Cl)cc1SCC(=O)NCCN(C)C. The normalized spacial score (nSPS) is 11.7. The highest BCUT2D eigenvalue weighted by Crippen LogP contribution is 2.32. The van der Waals surface area contributed by atoms with E-state index in [2.05, 4.69) is 20.2 Å². The van der Waals surface area contributed by atoms with Gasteiger partial charge in [-0.3, -0.25) is 9.36 Å². The van der Waals surface area contributed by atoms with Crippen LogP contribution in [-0.4, -0.2) is 66.9 Å². The number of anilines is 1. The molecule has 0 unspecified atom stereocenters. The van der Waals surface area contributed by atoms with Gasteiger partial charge >= 0.3 is 0 Å². The Labute approximate surface area is 193 Å². The molecule has 1 heterocycles. The van der Waals surface area contributed by atoms with E-state index in [-0.39, 0.29) is 22.5 Å². The van der Waals surface area contributed by atoms with Gasteiger partial charge in [0.15, 0.2) is 0 Å². The van der Waals surface area contributed by atoms with Gasteiger partial charge in [-0.15, -0.1) is 22.0 Å². The zero-order valence-electron chi connectivity index (χ0n) is 18.2. The molecule has 172 valence electrons. The third kappa shape index (κ3) is 7.67. The summed E-state index contributed by atoms with van der Waals surface area (Å²) in [4.78, 5) is 14.5. The van der Waals surface area contributed by atoms with Crippen LogP contribution in [0.15, 0.2) is 28.3 Å². The summed E-state index contributed by atoms with van der Waals surface area (Å²) in [5.74, 6) is 0.0414. The number of amides is 1. The van der Waals surface area contributed by atoms with Crippen molar-refractivity contribution in [2.75, 3.05) is 37.7 Å². The van der Waals surface area contributed by atoms with Crippen molar-refractivity contribution in [3.05, 3.63) is 29.0 Å². The summed E-state index contributed by atoms with van der Waals surface area (Å²) >= 11 is 7.36. The van der Waals surface area contributed by atoms with Crippen molar-refractivity contribution in [2.45, 2.75) is 43.0 Å². The van der Waals surface area contributed by atoms with Crippen LogP contribution >= 0.6 is 23.4 Å². The van der Waals surface area contributed by atoms with Crippen LogP contribution in [-0.2, 0) is 21.4 Å². The molecule has 0 radical (unpaired) electrons. The fourth-order valence-electron chi connectivity index (χ4n) is 2.57. The summed E-state index contributed by atoms with van der Waals surface area (Å²) in [6, 6.07) is 3.08. The number of nitrogens with one attached hydrogen (secondary N) is 2. The number of halogens is 1. The van der Waals surface area contributed by atoms with Crippen molar-refractivity contribution in [1.29, 1.82) is 0 Å². The predicted octanol–water partition coefficient (Wildman–Crippen LogP) is 2.61.